The van der Waals surface area contributed by atoms with E-state index in [-0.39, 0.29) is 18.2 Å². The van der Waals surface area contributed by atoms with E-state index in [0.29, 0.717) is 26.1 Å². The second-order valence-electron chi connectivity index (χ2n) is 9.14. The van der Waals surface area contributed by atoms with Gasteiger partial charge in [0.1, 0.15) is 23.0 Å². The molecule has 0 radical (unpaired) electrons. The molecule has 2 atom stereocenters. The molecule has 0 aromatic heterocycles. The molecule has 1 aliphatic rings. The van der Waals surface area contributed by atoms with Crippen LogP contribution in [0.2, 0.25) is 0 Å². The Balaban J connectivity index is 0.00000400. The molecule has 4 rings (SSSR count). The van der Waals surface area contributed by atoms with Gasteiger partial charge in [0, 0.05) is 20.2 Å². The number of benzene rings is 3. The summed E-state index contributed by atoms with van der Waals surface area (Å²) in [7, 11) is 0. The van der Waals surface area contributed by atoms with Gasteiger partial charge in [-0.15, -0.1) is 0 Å². The molecule has 1 fully saturated rings. The topological polar surface area (TPSA) is 61.8 Å². The SMILES string of the molecule is CCCc1cc(Oc2ccccc2)ccc1OCCCOc1ccc(C2SC(=O)CC(CC)C2=O)cc1.[HH]. The lowest BCUT2D eigenvalue weighted by Gasteiger charge is -2.25. The third kappa shape index (κ3) is 7.39. The van der Waals surface area contributed by atoms with Crippen LogP contribution in [-0.4, -0.2) is 24.1 Å². The van der Waals surface area contributed by atoms with Gasteiger partial charge in [0.15, 0.2) is 10.9 Å². The Bertz CT molecular complexity index is 1180. The highest BCUT2D eigenvalue weighted by atomic mass is 32.2. The Morgan fingerprint density at radius 3 is 2.32 bits per heavy atom. The summed E-state index contributed by atoms with van der Waals surface area (Å²) < 4.78 is 17.9. The molecule has 0 saturated carbocycles. The van der Waals surface area contributed by atoms with Crippen molar-refractivity contribution in [3.05, 3.63) is 83.9 Å². The van der Waals surface area contributed by atoms with Gasteiger partial charge in [0.2, 0.25) is 0 Å². The summed E-state index contributed by atoms with van der Waals surface area (Å²) in [5, 5.41) is -0.312. The molecule has 2 unspecified atom stereocenters. The van der Waals surface area contributed by atoms with Crippen molar-refractivity contribution in [3.63, 3.8) is 0 Å². The van der Waals surface area contributed by atoms with E-state index >= 15 is 0 Å². The normalized spacial score (nSPS) is 17.5. The molecule has 1 heterocycles. The Morgan fingerprint density at radius 1 is 0.865 bits per heavy atom. The first-order valence-corrected chi connectivity index (χ1v) is 13.9. The van der Waals surface area contributed by atoms with E-state index in [2.05, 4.69) is 13.0 Å². The van der Waals surface area contributed by atoms with Crippen LogP contribution in [-0.2, 0) is 16.0 Å². The zero-order chi connectivity index (χ0) is 26.0. The van der Waals surface area contributed by atoms with E-state index in [1.54, 1.807) is 0 Å². The average Bonchev–Trinajstić information content (AvgIpc) is 2.92. The number of carbonyl (C=O) groups excluding carboxylic acids is 2. The molecule has 0 bridgehead atoms. The largest absolute Gasteiger partial charge is 0.493 e. The van der Waals surface area contributed by atoms with E-state index < -0.39 is 5.25 Å². The lowest BCUT2D eigenvalue weighted by atomic mass is 9.92. The number of rotatable bonds is 12. The quantitative estimate of drug-likeness (QED) is 0.227. The zero-order valence-corrected chi connectivity index (χ0v) is 22.3. The highest BCUT2D eigenvalue weighted by molar-refractivity contribution is 8.14. The number of ether oxygens (including phenoxy) is 3. The number of para-hydroxylation sites is 1. The van der Waals surface area contributed by atoms with Gasteiger partial charge in [0.05, 0.1) is 18.5 Å². The molecule has 0 aliphatic carbocycles. The number of hydrogen-bond acceptors (Lipinski definition) is 6. The van der Waals surface area contributed by atoms with E-state index in [4.69, 9.17) is 14.2 Å². The fraction of sp³-hybridized carbons (Fsp3) is 0.355. The van der Waals surface area contributed by atoms with Crippen LogP contribution in [0.1, 0.15) is 57.3 Å². The third-order valence-corrected chi connectivity index (χ3v) is 7.51. The Hall–Kier alpha value is -3.25. The molecule has 37 heavy (non-hydrogen) atoms. The number of thioether (sulfide) groups is 1. The minimum absolute atomic E-state index is 0. The number of hydrogen-bond donors (Lipinski definition) is 0. The molecule has 0 amide bonds. The van der Waals surface area contributed by atoms with Crippen molar-refractivity contribution in [2.24, 2.45) is 5.92 Å². The standard InChI is InChI=1S/C31H34O5S.H2/c1-3-9-24-20-27(36-26-10-6-5-7-11-26)16-17-28(24)35-19-8-18-34-25-14-12-23(13-15-25)31-30(33)22(4-2)21-29(32)37-31;/h5-7,10-17,20,22,31H,3-4,8-9,18-19,21H2,1-2H3;1H. The fourth-order valence-corrected chi connectivity index (χ4v) is 5.51. The Labute approximate surface area is 225 Å². The third-order valence-electron chi connectivity index (χ3n) is 6.34. The molecule has 196 valence electrons. The van der Waals surface area contributed by atoms with Crippen molar-refractivity contribution in [1.29, 1.82) is 0 Å². The van der Waals surface area contributed by atoms with Crippen LogP contribution in [0.4, 0.5) is 0 Å². The van der Waals surface area contributed by atoms with E-state index in [1.807, 2.05) is 73.7 Å². The lowest BCUT2D eigenvalue weighted by molar-refractivity contribution is -0.126. The van der Waals surface area contributed by atoms with Crippen LogP contribution in [0.25, 0.3) is 0 Å². The van der Waals surface area contributed by atoms with E-state index in [1.165, 1.54) is 0 Å². The van der Waals surface area contributed by atoms with Crippen molar-refractivity contribution in [2.45, 2.75) is 51.2 Å². The van der Waals surface area contributed by atoms with Gasteiger partial charge in [-0.25, -0.2) is 0 Å². The predicted molar refractivity (Wildman–Crippen MR) is 150 cm³/mol. The summed E-state index contributed by atoms with van der Waals surface area (Å²) in [5.74, 6) is 3.22. The average molecular weight is 521 g/mol. The monoisotopic (exact) mass is 520 g/mol. The first-order chi connectivity index (χ1) is 18.1. The van der Waals surface area contributed by atoms with E-state index in [9.17, 15) is 9.59 Å². The number of Topliss-reactive ketones (excluding diaryl/α,β-unsaturated/α-hetero) is 1. The van der Waals surface area contributed by atoms with Gasteiger partial charge >= 0.3 is 0 Å². The summed E-state index contributed by atoms with van der Waals surface area (Å²) >= 11 is 1.15. The van der Waals surface area contributed by atoms with Gasteiger partial charge in [-0.3, -0.25) is 9.59 Å². The molecule has 1 aliphatic heterocycles. The number of ketones is 1. The summed E-state index contributed by atoms with van der Waals surface area (Å²) in [6.45, 7) is 5.17. The van der Waals surface area contributed by atoms with Gasteiger partial charge < -0.3 is 14.2 Å². The van der Waals surface area contributed by atoms with Gasteiger partial charge in [-0.05, 0) is 66.4 Å². The molecule has 3 aromatic carbocycles. The molecule has 1 saturated heterocycles. The molecular formula is C31H36O5S. The molecule has 3 aromatic rings. The van der Waals surface area contributed by atoms with Crippen LogP contribution in [0.15, 0.2) is 72.8 Å². The van der Waals surface area contributed by atoms with Crippen molar-refractivity contribution >= 4 is 22.7 Å². The van der Waals surface area contributed by atoms with Gasteiger partial charge in [0.25, 0.3) is 0 Å². The lowest BCUT2D eigenvalue weighted by Crippen LogP contribution is -2.27. The first-order valence-electron chi connectivity index (χ1n) is 13.0. The van der Waals surface area contributed by atoms with Crippen LogP contribution in [0.3, 0.4) is 0 Å². The predicted octanol–water partition coefficient (Wildman–Crippen LogP) is 7.83. The number of carbonyl (C=O) groups is 2. The second-order valence-corrected chi connectivity index (χ2v) is 10.3. The first kappa shape index (κ1) is 26.8. The summed E-state index contributed by atoms with van der Waals surface area (Å²) in [6.07, 6.45) is 3.72. The highest BCUT2D eigenvalue weighted by Crippen LogP contribution is 2.40. The summed E-state index contributed by atoms with van der Waals surface area (Å²) in [6, 6.07) is 23.2. The van der Waals surface area contributed by atoms with Crippen molar-refractivity contribution in [2.75, 3.05) is 13.2 Å². The molecule has 0 spiro atoms. The van der Waals surface area contributed by atoms with Crippen LogP contribution < -0.4 is 14.2 Å². The van der Waals surface area contributed by atoms with Crippen molar-refractivity contribution in [3.8, 4) is 23.0 Å². The van der Waals surface area contributed by atoms with Gasteiger partial charge in [-0.1, -0.05) is 62.4 Å². The molecule has 6 heteroatoms. The smallest absolute Gasteiger partial charge is 0.190 e. The molecule has 0 N–H and O–H groups in total. The van der Waals surface area contributed by atoms with Crippen LogP contribution >= 0.6 is 11.8 Å². The Morgan fingerprint density at radius 2 is 1.59 bits per heavy atom. The number of aryl methyl sites for hydroxylation is 1. The maximum absolute atomic E-state index is 12.7. The van der Waals surface area contributed by atoms with Crippen molar-refractivity contribution in [1.82, 2.24) is 0 Å². The van der Waals surface area contributed by atoms with Crippen LogP contribution in [0.5, 0.6) is 23.0 Å². The maximum atomic E-state index is 12.7. The van der Waals surface area contributed by atoms with Gasteiger partial charge in [-0.2, -0.15) is 0 Å². The maximum Gasteiger partial charge on any atom is 0.190 e. The fourth-order valence-electron chi connectivity index (χ4n) is 4.35. The Kier molecular flexibility index (Phi) is 9.66. The van der Waals surface area contributed by atoms with Crippen molar-refractivity contribution < 1.29 is 25.2 Å². The zero-order valence-electron chi connectivity index (χ0n) is 21.5. The minimum atomic E-state index is -0.407. The summed E-state index contributed by atoms with van der Waals surface area (Å²) in [4.78, 5) is 24.7. The van der Waals surface area contributed by atoms with E-state index in [0.717, 1.165) is 65.1 Å². The highest BCUT2D eigenvalue weighted by Gasteiger charge is 2.36. The second kappa shape index (κ2) is 13.3. The summed E-state index contributed by atoms with van der Waals surface area (Å²) in [5.41, 5.74) is 1.99. The van der Waals surface area contributed by atoms with Crippen LogP contribution in [0, 0.1) is 5.92 Å². The molecular weight excluding hydrogens is 484 g/mol. The minimum Gasteiger partial charge on any atom is -0.493 e. The molecule has 5 nitrogen and oxygen atoms in total.